The van der Waals surface area contributed by atoms with Crippen molar-refractivity contribution in [3.05, 3.63) is 63.5 Å². The molecule has 0 saturated heterocycles. The number of nitrogens with zero attached hydrogens (tertiary/aromatic N) is 3. The highest BCUT2D eigenvalue weighted by molar-refractivity contribution is 6.32. The SMILES string of the molecule is Cc1cnc(Cl)nc1-c1ccc2c(c1)CCC(C)N2C(=O)c1cc(Cl)c(O)cc1O. The summed E-state index contributed by atoms with van der Waals surface area (Å²) < 4.78 is 0. The standard InChI is InChI=1S/C22H19Cl2N3O3/c1-11-10-25-22(24)26-20(11)14-5-6-17-13(7-14)4-3-12(2)27(17)21(30)15-8-16(23)19(29)9-18(15)28/h5-10,12,28-29H,3-4H2,1-2H3. The van der Waals surface area contributed by atoms with Crippen molar-refractivity contribution < 1.29 is 15.0 Å². The number of anilines is 1. The second kappa shape index (κ2) is 7.78. The molecule has 0 aliphatic carbocycles. The van der Waals surface area contributed by atoms with Gasteiger partial charge in [-0.25, -0.2) is 9.97 Å². The molecule has 0 bridgehead atoms. The van der Waals surface area contributed by atoms with Crippen LogP contribution in [-0.2, 0) is 6.42 Å². The number of phenolic OH excluding ortho intramolecular Hbond substituents is 2. The fraction of sp³-hybridized carbons (Fsp3) is 0.227. The van der Waals surface area contributed by atoms with Crippen LogP contribution in [0.2, 0.25) is 10.3 Å². The third-order valence-corrected chi connectivity index (χ3v) is 5.83. The average molecular weight is 444 g/mol. The summed E-state index contributed by atoms with van der Waals surface area (Å²) in [5.74, 6) is -0.970. The maximum Gasteiger partial charge on any atom is 0.262 e. The number of hydrogen-bond donors (Lipinski definition) is 2. The van der Waals surface area contributed by atoms with Crippen molar-refractivity contribution in [1.82, 2.24) is 9.97 Å². The van der Waals surface area contributed by atoms with Gasteiger partial charge >= 0.3 is 0 Å². The van der Waals surface area contributed by atoms with Crippen LogP contribution >= 0.6 is 23.2 Å². The van der Waals surface area contributed by atoms with Gasteiger partial charge in [-0.2, -0.15) is 0 Å². The van der Waals surface area contributed by atoms with Gasteiger partial charge in [0.05, 0.1) is 16.3 Å². The minimum Gasteiger partial charge on any atom is -0.507 e. The molecule has 1 unspecified atom stereocenters. The lowest BCUT2D eigenvalue weighted by atomic mass is 9.93. The van der Waals surface area contributed by atoms with Crippen molar-refractivity contribution >= 4 is 34.8 Å². The second-order valence-electron chi connectivity index (χ2n) is 7.40. The van der Waals surface area contributed by atoms with Crippen LogP contribution < -0.4 is 4.90 Å². The number of hydrogen-bond acceptors (Lipinski definition) is 5. The summed E-state index contributed by atoms with van der Waals surface area (Å²) in [6.07, 6.45) is 3.24. The van der Waals surface area contributed by atoms with Gasteiger partial charge < -0.3 is 15.1 Å². The van der Waals surface area contributed by atoms with E-state index in [2.05, 4.69) is 9.97 Å². The van der Waals surface area contributed by atoms with Crippen molar-refractivity contribution in [3.63, 3.8) is 0 Å². The zero-order valence-corrected chi connectivity index (χ0v) is 17.9. The van der Waals surface area contributed by atoms with Crippen LogP contribution in [0.3, 0.4) is 0 Å². The van der Waals surface area contributed by atoms with Crippen molar-refractivity contribution in [1.29, 1.82) is 0 Å². The highest BCUT2D eigenvalue weighted by atomic mass is 35.5. The molecule has 1 aliphatic rings. The molecule has 30 heavy (non-hydrogen) atoms. The van der Waals surface area contributed by atoms with Crippen LogP contribution in [0.15, 0.2) is 36.5 Å². The third-order valence-electron chi connectivity index (χ3n) is 5.34. The summed E-state index contributed by atoms with van der Waals surface area (Å²) in [5.41, 5.74) is 4.35. The number of rotatable bonds is 2. The average Bonchev–Trinajstić information content (AvgIpc) is 2.71. The fourth-order valence-electron chi connectivity index (χ4n) is 3.77. The summed E-state index contributed by atoms with van der Waals surface area (Å²) in [4.78, 5) is 23.3. The first-order chi connectivity index (χ1) is 14.3. The second-order valence-corrected chi connectivity index (χ2v) is 8.14. The molecule has 1 amide bonds. The number of aromatic hydroxyl groups is 2. The fourth-order valence-corrected chi connectivity index (χ4v) is 4.07. The van der Waals surface area contributed by atoms with Gasteiger partial charge in [0.25, 0.3) is 5.91 Å². The Bertz CT molecular complexity index is 1170. The Morgan fingerprint density at radius 2 is 1.93 bits per heavy atom. The molecule has 2 N–H and O–H groups in total. The van der Waals surface area contributed by atoms with Crippen molar-refractivity contribution in [2.45, 2.75) is 32.7 Å². The number of halogens is 2. The Hall–Kier alpha value is -2.83. The van der Waals surface area contributed by atoms with Crippen LogP contribution in [0.25, 0.3) is 11.3 Å². The Kier molecular flexibility index (Phi) is 5.30. The van der Waals surface area contributed by atoms with E-state index in [1.165, 1.54) is 6.07 Å². The van der Waals surface area contributed by atoms with E-state index < -0.39 is 0 Å². The largest absolute Gasteiger partial charge is 0.507 e. The minimum atomic E-state index is -0.378. The maximum absolute atomic E-state index is 13.3. The van der Waals surface area contributed by atoms with Gasteiger partial charge in [0.1, 0.15) is 11.5 Å². The van der Waals surface area contributed by atoms with E-state index in [9.17, 15) is 15.0 Å². The predicted octanol–water partition coefficient (Wildman–Crippen LogP) is 5.15. The van der Waals surface area contributed by atoms with E-state index in [4.69, 9.17) is 23.2 Å². The molecule has 0 saturated carbocycles. The number of amides is 1. The first kappa shape index (κ1) is 20.4. The lowest BCUT2D eigenvalue weighted by Crippen LogP contribution is -2.42. The van der Waals surface area contributed by atoms with E-state index >= 15 is 0 Å². The first-order valence-corrected chi connectivity index (χ1v) is 10.2. The smallest absolute Gasteiger partial charge is 0.262 e. The molecule has 0 spiro atoms. The Morgan fingerprint density at radius 3 is 2.70 bits per heavy atom. The lowest BCUT2D eigenvalue weighted by molar-refractivity contribution is 0.0972. The number of aromatic nitrogens is 2. The highest BCUT2D eigenvalue weighted by Gasteiger charge is 2.31. The normalized spacial score (nSPS) is 15.7. The number of phenols is 2. The van der Waals surface area contributed by atoms with Gasteiger partial charge in [0.2, 0.25) is 5.28 Å². The molecule has 4 rings (SSSR count). The molecule has 1 atom stereocenters. The van der Waals surface area contributed by atoms with Crippen LogP contribution in [0.5, 0.6) is 11.5 Å². The zero-order valence-electron chi connectivity index (χ0n) is 16.4. The van der Waals surface area contributed by atoms with E-state index in [1.54, 1.807) is 11.1 Å². The molecule has 1 aromatic heterocycles. The van der Waals surface area contributed by atoms with Crippen LogP contribution in [-0.4, -0.2) is 32.1 Å². The molecule has 154 valence electrons. The zero-order chi connectivity index (χ0) is 21.6. The molecule has 2 heterocycles. The summed E-state index contributed by atoms with van der Waals surface area (Å²) in [6, 6.07) is 8.08. The van der Waals surface area contributed by atoms with Crippen molar-refractivity contribution in [3.8, 4) is 22.8 Å². The molecule has 2 aromatic carbocycles. The third kappa shape index (κ3) is 3.57. The van der Waals surface area contributed by atoms with Gasteiger partial charge in [-0.15, -0.1) is 0 Å². The van der Waals surface area contributed by atoms with Crippen LogP contribution in [0.4, 0.5) is 5.69 Å². The number of benzene rings is 2. The molecule has 1 aliphatic heterocycles. The summed E-state index contributed by atoms with van der Waals surface area (Å²) in [5, 5.41) is 20.1. The van der Waals surface area contributed by atoms with Gasteiger partial charge in [-0.05, 0) is 67.6 Å². The molecule has 0 fully saturated rings. The topological polar surface area (TPSA) is 86.6 Å². The summed E-state index contributed by atoms with van der Waals surface area (Å²) in [6.45, 7) is 3.88. The Labute approximate surface area is 183 Å². The number of fused-ring (bicyclic) bond motifs is 1. The van der Waals surface area contributed by atoms with Crippen LogP contribution in [0.1, 0.15) is 34.8 Å². The Balaban J connectivity index is 1.77. The number of carbonyl (C=O) groups is 1. The van der Waals surface area contributed by atoms with Gasteiger partial charge in [0.15, 0.2) is 0 Å². The van der Waals surface area contributed by atoms with Gasteiger partial charge in [-0.3, -0.25) is 4.79 Å². The monoisotopic (exact) mass is 443 g/mol. The van der Waals surface area contributed by atoms with Crippen molar-refractivity contribution in [2.75, 3.05) is 4.90 Å². The molecule has 0 radical (unpaired) electrons. The summed E-state index contributed by atoms with van der Waals surface area (Å²) >= 11 is 11.9. The van der Waals surface area contributed by atoms with Gasteiger partial charge in [-0.1, -0.05) is 17.7 Å². The van der Waals surface area contributed by atoms with Crippen molar-refractivity contribution in [2.24, 2.45) is 0 Å². The Morgan fingerprint density at radius 1 is 1.17 bits per heavy atom. The molecular formula is C22H19Cl2N3O3. The van der Waals surface area contributed by atoms with Gasteiger partial charge in [0, 0.05) is 29.6 Å². The predicted molar refractivity (Wildman–Crippen MR) is 117 cm³/mol. The van der Waals surface area contributed by atoms with Crippen LogP contribution in [0, 0.1) is 6.92 Å². The molecule has 8 heteroatoms. The molecule has 6 nitrogen and oxygen atoms in total. The van der Waals surface area contributed by atoms with E-state index in [1.807, 2.05) is 32.0 Å². The number of carbonyl (C=O) groups excluding carboxylic acids is 1. The first-order valence-electron chi connectivity index (χ1n) is 9.43. The molecule has 3 aromatic rings. The quantitative estimate of drug-likeness (QED) is 0.534. The van der Waals surface area contributed by atoms with E-state index in [0.717, 1.165) is 47.0 Å². The minimum absolute atomic E-state index is 0.00694. The number of aryl methyl sites for hydroxylation is 2. The van der Waals surface area contributed by atoms with E-state index in [0.29, 0.717) is 0 Å². The lowest BCUT2D eigenvalue weighted by Gasteiger charge is -2.35. The highest BCUT2D eigenvalue weighted by Crippen LogP contribution is 2.38. The molecular weight excluding hydrogens is 425 g/mol. The van der Waals surface area contributed by atoms with E-state index in [-0.39, 0.29) is 39.3 Å². The maximum atomic E-state index is 13.3. The summed E-state index contributed by atoms with van der Waals surface area (Å²) in [7, 11) is 0.